The summed E-state index contributed by atoms with van der Waals surface area (Å²) in [4.78, 5) is 3.40. The highest BCUT2D eigenvalue weighted by atomic mass is 19.1. The summed E-state index contributed by atoms with van der Waals surface area (Å²) in [6.07, 6.45) is 6.44. The molecule has 1 nitrogen and oxygen atoms in total. The highest BCUT2D eigenvalue weighted by molar-refractivity contribution is 5.36. The molecule has 0 saturated heterocycles. The van der Waals surface area contributed by atoms with Crippen molar-refractivity contribution in [3.05, 3.63) is 29.3 Å². The molecule has 0 amide bonds. The minimum atomic E-state index is -0.489. The molecule has 1 heterocycles. The largest absolute Gasteiger partial charge is 0.227 e. The summed E-state index contributed by atoms with van der Waals surface area (Å²) < 4.78 is 12.3. The highest BCUT2D eigenvalue weighted by Crippen LogP contribution is 2.04. The minimum absolute atomic E-state index is 0.489. The van der Waals surface area contributed by atoms with Crippen LogP contribution in [0.25, 0.3) is 0 Å². The van der Waals surface area contributed by atoms with Crippen molar-refractivity contribution < 1.29 is 4.39 Å². The molecule has 0 aliphatic carbocycles. The van der Waals surface area contributed by atoms with Crippen LogP contribution in [0.4, 0.5) is 4.39 Å². The first-order valence-corrected chi connectivity index (χ1v) is 2.83. The van der Waals surface area contributed by atoms with Crippen molar-refractivity contribution in [3.63, 3.8) is 0 Å². The van der Waals surface area contributed by atoms with Crippen LogP contribution in [0, 0.1) is 25.2 Å². The Bertz CT molecular complexity index is 286. The predicted molar refractivity (Wildman–Crippen MR) is 36.9 cm³/mol. The number of pyridine rings is 1. The third kappa shape index (κ3) is 1.14. The van der Waals surface area contributed by atoms with Gasteiger partial charge in [-0.05, 0) is 18.6 Å². The lowest BCUT2D eigenvalue weighted by atomic mass is 10.2. The van der Waals surface area contributed by atoms with E-state index in [0.717, 1.165) is 5.56 Å². The van der Waals surface area contributed by atoms with Gasteiger partial charge in [0.1, 0.15) is 0 Å². The van der Waals surface area contributed by atoms with Crippen molar-refractivity contribution in [2.45, 2.75) is 6.92 Å². The Hall–Kier alpha value is -1.36. The van der Waals surface area contributed by atoms with E-state index >= 15 is 0 Å². The van der Waals surface area contributed by atoms with Crippen LogP contribution in [-0.2, 0) is 0 Å². The number of hydrogen-bond donors (Lipinski definition) is 0. The molecule has 0 aromatic carbocycles. The highest BCUT2D eigenvalue weighted by Gasteiger charge is 1.95. The van der Waals surface area contributed by atoms with Crippen molar-refractivity contribution >= 4 is 0 Å². The fraction of sp³-hybridized carbons (Fsp3) is 0.125. The zero-order chi connectivity index (χ0) is 7.56. The van der Waals surface area contributed by atoms with E-state index in [4.69, 9.17) is 6.42 Å². The fourth-order valence-electron chi connectivity index (χ4n) is 0.673. The third-order valence-electron chi connectivity index (χ3n) is 1.23. The van der Waals surface area contributed by atoms with Gasteiger partial charge in [-0.2, -0.15) is 4.39 Å². The molecule has 0 N–H and O–H groups in total. The normalized spacial score (nSPS) is 8.90. The maximum atomic E-state index is 12.3. The third-order valence-corrected chi connectivity index (χ3v) is 1.23. The smallest absolute Gasteiger partial charge is 0.213 e. The van der Waals surface area contributed by atoms with Gasteiger partial charge in [0.2, 0.25) is 5.95 Å². The number of halogens is 1. The molecule has 1 aromatic rings. The first-order chi connectivity index (χ1) is 4.74. The molecule has 0 fully saturated rings. The van der Waals surface area contributed by atoms with Crippen LogP contribution in [0.1, 0.15) is 11.1 Å². The van der Waals surface area contributed by atoms with Crippen molar-refractivity contribution in [1.82, 2.24) is 4.98 Å². The quantitative estimate of drug-likeness (QED) is 0.388. The second-order valence-corrected chi connectivity index (χ2v) is 1.97. The molecule has 1 rings (SSSR count). The number of terminal acetylenes is 1. The lowest BCUT2D eigenvalue weighted by molar-refractivity contribution is 0.582. The summed E-state index contributed by atoms with van der Waals surface area (Å²) in [7, 11) is 0. The summed E-state index contributed by atoms with van der Waals surface area (Å²) in [5.74, 6) is 1.90. The summed E-state index contributed by atoms with van der Waals surface area (Å²) in [5.41, 5.74) is 1.39. The van der Waals surface area contributed by atoms with Gasteiger partial charge in [-0.1, -0.05) is 5.92 Å². The van der Waals surface area contributed by atoms with Gasteiger partial charge < -0.3 is 0 Å². The van der Waals surface area contributed by atoms with Crippen LogP contribution in [0.3, 0.4) is 0 Å². The average Bonchev–Trinajstić information content (AvgIpc) is 1.88. The Balaban J connectivity index is 3.23. The van der Waals surface area contributed by atoms with Crippen molar-refractivity contribution in [1.29, 1.82) is 0 Å². The van der Waals surface area contributed by atoms with Gasteiger partial charge in [0.25, 0.3) is 0 Å². The second kappa shape index (κ2) is 2.49. The predicted octanol–water partition coefficient (Wildman–Crippen LogP) is 1.51. The van der Waals surface area contributed by atoms with Crippen molar-refractivity contribution in [2.24, 2.45) is 0 Å². The molecule has 0 spiro atoms. The summed E-state index contributed by atoms with van der Waals surface area (Å²) >= 11 is 0. The Morgan fingerprint density at radius 3 is 2.90 bits per heavy atom. The molecule has 0 unspecified atom stereocenters. The number of hydrogen-bond acceptors (Lipinski definition) is 1. The van der Waals surface area contributed by atoms with Crippen molar-refractivity contribution in [3.8, 4) is 12.3 Å². The standard InChI is InChI=1S/C8H6FN/c1-3-7-5-10-8(9)4-6(7)2/h1,4-5H,2H3. The topological polar surface area (TPSA) is 12.9 Å². The Morgan fingerprint density at radius 1 is 1.70 bits per heavy atom. The number of nitrogens with zero attached hydrogens (tertiary/aromatic N) is 1. The van der Waals surface area contributed by atoms with Crippen LogP contribution in [-0.4, -0.2) is 4.98 Å². The van der Waals surface area contributed by atoms with Crippen LogP contribution in [0.15, 0.2) is 12.3 Å². The molecule has 1 aromatic heterocycles. The van der Waals surface area contributed by atoms with Gasteiger partial charge in [-0.25, -0.2) is 4.98 Å². The summed E-state index contributed by atoms with van der Waals surface area (Å²) in [6, 6.07) is 1.31. The van der Waals surface area contributed by atoms with E-state index in [1.165, 1.54) is 12.3 Å². The van der Waals surface area contributed by atoms with Gasteiger partial charge >= 0.3 is 0 Å². The Labute approximate surface area is 58.9 Å². The number of aromatic nitrogens is 1. The van der Waals surface area contributed by atoms with E-state index in [1.807, 2.05) is 0 Å². The van der Waals surface area contributed by atoms with Gasteiger partial charge in [0.15, 0.2) is 0 Å². The Morgan fingerprint density at radius 2 is 2.40 bits per heavy atom. The van der Waals surface area contributed by atoms with Gasteiger partial charge in [0, 0.05) is 11.8 Å². The first kappa shape index (κ1) is 6.76. The molecule has 0 saturated carbocycles. The maximum absolute atomic E-state index is 12.3. The zero-order valence-electron chi connectivity index (χ0n) is 5.56. The number of aryl methyl sites for hydroxylation is 1. The van der Waals surface area contributed by atoms with E-state index in [1.54, 1.807) is 6.92 Å². The van der Waals surface area contributed by atoms with E-state index in [-0.39, 0.29) is 0 Å². The molecule has 0 atom stereocenters. The molecule has 0 aliphatic rings. The molecule has 0 aliphatic heterocycles. The van der Waals surface area contributed by atoms with Gasteiger partial charge in [-0.3, -0.25) is 0 Å². The summed E-state index contributed by atoms with van der Waals surface area (Å²) in [5, 5.41) is 0. The maximum Gasteiger partial charge on any atom is 0.213 e. The number of rotatable bonds is 0. The SMILES string of the molecule is C#Cc1cnc(F)cc1C. The van der Waals surface area contributed by atoms with E-state index in [0.29, 0.717) is 5.56 Å². The molecular formula is C8H6FN. The fourth-order valence-corrected chi connectivity index (χ4v) is 0.673. The molecule has 2 heteroatoms. The lowest BCUT2D eigenvalue weighted by Crippen LogP contribution is -1.87. The van der Waals surface area contributed by atoms with Crippen molar-refractivity contribution in [2.75, 3.05) is 0 Å². The molecular weight excluding hydrogens is 129 g/mol. The molecule has 0 radical (unpaired) electrons. The van der Waals surface area contributed by atoms with Crippen LogP contribution in [0.5, 0.6) is 0 Å². The Kier molecular flexibility index (Phi) is 1.68. The average molecular weight is 135 g/mol. The minimum Gasteiger partial charge on any atom is -0.227 e. The zero-order valence-corrected chi connectivity index (χ0v) is 5.56. The molecule has 0 bridgehead atoms. The monoisotopic (exact) mass is 135 g/mol. The van der Waals surface area contributed by atoms with Crippen LogP contribution < -0.4 is 0 Å². The van der Waals surface area contributed by atoms with Gasteiger partial charge in [0.05, 0.1) is 0 Å². The van der Waals surface area contributed by atoms with Gasteiger partial charge in [-0.15, -0.1) is 6.42 Å². The molecule has 50 valence electrons. The van der Waals surface area contributed by atoms with Crippen LogP contribution >= 0.6 is 0 Å². The lowest BCUT2D eigenvalue weighted by Gasteiger charge is -1.94. The van der Waals surface area contributed by atoms with E-state index in [2.05, 4.69) is 10.9 Å². The van der Waals surface area contributed by atoms with Crippen LogP contribution in [0.2, 0.25) is 0 Å². The molecule has 10 heavy (non-hydrogen) atoms. The van der Waals surface area contributed by atoms with E-state index in [9.17, 15) is 4.39 Å². The first-order valence-electron chi connectivity index (χ1n) is 2.83. The van der Waals surface area contributed by atoms with E-state index < -0.39 is 5.95 Å². The summed E-state index contributed by atoms with van der Waals surface area (Å²) in [6.45, 7) is 1.75. The second-order valence-electron chi connectivity index (χ2n) is 1.97.